The molecule has 1 amide bonds. The molecule has 1 rings (SSSR count). The highest BCUT2D eigenvalue weighted by Crippen LogP contribution is 2.21. The van der Waals surface area contributed by atoms with Gasteiger partial charge < -0.3 is 15.0 Å². The second kappa shape index (κ2) is 7.48. The third-order valence-electron chi connectivity index (χ3n) is 3.85. The first-order valence-corrected chi connectivity index (χ1v) is 8.34. The van der Waals surface area contributed by atoms with E-state index in [2.05, 4.69) is 33.0 Å². The number of nitrogens with zero attached hydrogens (tertiary/aromatic N) is 1. The van der Waals surface area contributed by atoms with Crippen LogP contribution in [0.15, 0.2) is 0 Å². The monoisotopic (exact) mass is 298 g/mol. The molecule has 0 aliphatic carbocycles. The highest BCUT2D eigenvalue weighted by Gasteiger charge is 2.32. The average Bonchev–Trinajstić information content (AvgIpc) is 2.24. The fourth-order valence-electron chi connectivity index (χ4n) is 3.09. The van der Waals surface area contributed by atoms with Gasteiger partial charge in [-0.1, -0.05) is 13.8 Å². The summed E-state index contributed by atoms with van der Waals surface area (Å²) in [5.74, 6) is 0.715. The number of rotatable bonds is 4. The van der Waals surface area contributed by atoms with E-state index in [4.69, 9.17) is 4.74 Å². The summed E-state index contributed by atoms with van der Waals surface area (Å²) in [4.78, 5) is 14.1. The second-order valence-corrected chi connectivity index (χ2v) is 7.94. The second-order valence-electron chi connectivity index (χ2n) is 7.94. The number of ether oxygens (including phenoxy) is 1. The van der Waals surface area contributed by atoms with Crippen LogP contribution in [0, 0.1) is 5.92 Å². The SMILES string of the molecule is CC(C)CC(C)NC1CCN(C(=O)OC(C)(C)C)C(C)C1. The van der Waals surface area contributed by atoms with E-state index in [1.807, 2.05) is 25.7 Å². The maximum atomic E-state index is 12.2. The third-order valence-corrected chi connectivity index (χ3v) is 3.85. The van der Waals surface area contributed by atoms with Crippen molar-refractivity contribution in [1.29, 1.82) is 0 Å². The molecule has 4 nitrogen and oxygen atoms in total. The molecule has 21 heavy (non-hydrogen) atoms. The summed E-state index contributed by atoms with van der Waals surface area (Å²) < 4.78 is 5.48. The molecule has 124 valence electrons. The first-order chi connectivity index (χ1) is 9.58. The molecule has 1 N–H and O–H groups in total. The summed E-state index contributed by atoms with van der Waals surface area (Å²) in [6.07, 6.45) is 3.03. The van der Waals surface area contributed by atoms with Crippen molar-refractivity contribution in [3.63, 3.8) is 0 Å². The molecule has 1 fully saturated rings. The fourth-order valence-corrected chi connectivity index (χ4v) is 3.09. The van der Waals surface area contributed by atoms with Crippen LogP contribution in [0.25, 0.3) is 0 Å². The van der Waals surface area contributed by atoms with E-state index in [0.717, 1.165) is 19.4 Å². The van der Waals surface area contributed by atoms with Crippen LogP contribution in [0.5, 0.6) is 0 Å². The molecule has 1 aliphatic rings. The molecule has 0 aromatic rings. The van der Waals surface area contributed by atoms with Crippen LogP contribution in [-0.2, 0) is 4.74 Å². The summed E-state index contributed by atoms with van der Waals surface area (Å²) in [6, 6.07) is 1.28. The Kier molecular flexibility index (Phi) is 6.51. The van der Waals surface area contributed by atoms with Crippen molar-refractivity contribution in [2.45, 2.75) is 91.5 Å². The van der Waals surface area contributed by atoms with Gasteiger partial charge in [0.25, 0.3) is 0 Å². The van der Waals surface area contributed by atoms with Crippen LogP contribution in [0.3, 0.4) is 0 Å². The van der Waals surface area contributed by atoms with Gasteiger partial charge in [-0.05, 0) is 59.8 Å². The smallest absolute Gasteiger partial charge is 0.410 e. The summed E-state index contributed by atoms with van der Waals surface area (Å²) in [7, 11) is 0. The van der Waals surface area contributed by atoms with Gasteiger partial charge in [-0.25, -0.2) is 4.79 Å². The molecule has 3 atom stereocenters. The molecule has 0 saturated carbocycles. The van der Waals surface area contributed by atoms with Crippen LogP contribution in [0.1, 0.15) is 67.7 Å². The number of likely N-dealkylation sites (tertiary alicyclic amines) is 1. The maximum Gasteiger partial charge on any atom is 0.410 e. The Morgan fingerprint density at radius 3 is 2.43 bits per heavy atom. The highest BCUT2D eigenvalue weighted by atomic mass is 16.6. The number of amides is 1. The van der Waals surface area contributed by atoms with Crippen LogP contribution in [0.2, 0.25) is 0 Å². The zero-order valence-corrected chi connectivity index (χ0v) is 14.9. The Morgan fingerprint density at radius 2 is 1.95 bits per heavy atom. The van der Waals surface area contributed by atoms with Gasteiger partial charge >= 0.3 is 6.09 Å². The Morgan fingerprint density at radius 1 is 1.33 bits per heavy atom. The summed E-state index contributed by atoms with van der Waals surface area (Å²) in [5, 5.41) is 3.71. The van der Waals surface area contributed by atoms with Gasteiger partial charge in [-0.3, -0.25) is 0 Å². The molecule has 0 spiro atoms. The summed E-state index contributed by atoms with van der Waals surface area (Å²) >= 11 is 0. The average molecular weight is 298 g/mol. The lowest BCUT2D eigenvalue weighted by atomic mass is 9.96. The normalized spacial score (nSPS) is 25.0. The van der Waals surface area contributed by atoms with E-state index in [1.54, 1.807) is 0 Å². The lowest BCUT2D eigenvalue weighted by Crippen LogP contribution is -2.52. The van der Waals surface area contributed by atoms with Gasteiger partial charge in [0.2, 0.25) is 0 Å². The number of carbonyl (C=O) groups excluding carboxylic acids is 1. The number of carbonyl (C=O) groups is 1. The molecule has 0 aromatic carbocycles. The molecule has 3 unspecified atom stereocenters. The van der Waals surface area contributed by atoms with Gasteiger partial charge in [0.1, 0.15) is 5.60 Å². The van der Waals surface area contributed by atoms with Crippen molar-refractivity contribution >= 4 is 6.09 Å². The number of piperidine rings is 1. The number of hydrogen-bond acceptors (Lipinski definition) is 3. The predicted octanol–water partition coefficient (Wildman–Crippen LogP) is 3.80. The van der Waals surface area contributed by atoms with Gasteiger partial charge in [0.05, 0.1) is 0 Å². The first kappa shape index (κ1) is 18.3. The summed E-state index contributed by atoms with van der Waals surface area (Å²) in [5.41, 5.74) is -0.419. The Balaban J connectivity index is 2.45. The third kappa shape index (κ3) is 6.68. The standard InChI is InChI=1S/C17H34N2O2/c1-12(2)10-13(3)18-15-8-9-19(14(4)11-15)16(20)21-17(5,6)7/h12-15,18H,8-11H2,1-7H3. The molecule has 4 heteroatoms. The van der Waals surface area contributed by atoms with Gasteiger partial charge in [-0.2, -0.15) is 0 Å². The van der Waals surface area contributed by atoms with Gasteiger partial charge in [0, 0.05) is 24.7 Å². The quantitative estimate of drug-likeness (QED) is 0.858. The Labute approximate surface area is 130 Å². The van der Waals surface area contributed by atoms with Crippen molar-refractivity contribution in [2.75, 3.05) is 6.54 Å². The van der Waals surface area contributed by atoms with E-state index in [9.17, 15) is 4.79 Å². The van der Waals surface area contributed by atoms with Crippen LogP contribution >= 0.6 is 0 Å². The van der Waals surface area contributed by atoms with Gasteiger partial charge in [0.15, 0.2) is 0 Å². The molecular formula is C17H34N2O2. The highest BCUT2D eigenvalue weighted by molar-refractivity contribution is 5.68. The lowest BCUT2D eigenvalue weighted by Gasteiger charge is -2.39. The van der Waals surface area contributed by atoms with Crippen LogP contribution < -0.4 is 5.32 Å². The van der Waals surface area contributed by atoms with Crippen molar-refractivity contribution in [1.82, 2.24) is 10.2 Å². The predicted molar refractivity (Wildman–Crippen MR) is 87.5 cm³/mol. The van der Waals surface area contributed by atoms with E-state index in [-0.39, 0.29) is 12.1 Å². The molecule has 0 aromatic heterocycles. The van der Waals surface area contributed by atoms with Gasteiger partial charge in [-0.15, -0.1) is 0 Å². The van der Waals surface area contributed by atoms with E-state index >= 15 is 0 Å². The minimum Gasteiger partial charge on any atom is -0.444 e. The van der Waals surface area contributed by atoms with Crippen molar-refractivity contribution < 1.29 is 9.53 Å². The Bertz CT molecular complexity index is 336. The molecule has 0 bridgehead atoms. The van der Waals surface area contributed by atoms with Crippen LogP contribution in [0.4, 0.5) is 4.79 Å². The molecule has 0 radical (unpaired) electrons. The molecule has 1 saturated heterocycles. The zero-order chi connectivity index (χ0) is 16.2. The summed E-state index contributed by atoms with van der Waals surface area (Å²) in [6.45, 7) is 15.4. The maximum absolute atomic E-state index is 12.2. The van der Waals surface area contributed by atoms with E-state index < -0.39 is 5.60 Å². The number of nitrogens with one attached hydrogen (secondary N) is 1. The Hall–Kier alpha value is -0.770. The van der Waals surface area contributed by atoms with Crippen molar-refractivity contribution in [3.8, 4) is 0 Å². The minimum atomic E-state index is -0.419. The van der Waals surface area contributed by atoms with Crippen molar-refractivity contribution in [3.05, 3.63) is 0 Å². The molecule has 1 heterocycles. The van der Waals surface area contributed by atoms with Crippen molar-refractivity contribution in [2.24, 2.45) is 5.92 Å². The lowest BCUT2D eigenvalue weighted by molar-refractivity contribution is 0.00900. The number of hydrogen-bond donors (Lipinski definition) is 1. The van der Waals surface area contributed by atoms with E-state index in [1.165, 1.54) is 6.42 Å². The van der Waals surface area contributed by atoms with E-state index in [0.29, 0.717) is 18.0 Å². The molecule has 1 aliphatic heterocycles. The van der Waals surface area contributed by atoms with Crippen LogP contribution in [-0.4, -0.2) is 41.3 Å². The first-order valence-electron chi connectivity index (χ1n) is 8.34. The largest absolute Gasteiger partial charge is 0.444 e. The molecular weight excluding hydrogens is 264 g/mol. The fraction of sp³-hybridized carbons (Fsp3) is 0.941. The zero-order valence-electron chi connectivity index (χ0n) is 14.9. The minimum absolute atomic E-state index is 0.177. The topological polar surface area (TPSA) is 41.6 Å².